The zero-order valence-corrected chi connectivity index (χ0v) is 7.71. The molecule has 4 heteroatoms. The summed E-state index contributed by atoms with van der Waals surface area (Å²) in [6, 6.07) is 0.397. The van der Waals surface area contributed by atoms with Gasteiger partial charge in [-0.2, -0.15) is 0 Å². The maximum absolute atomic E-state index is 11.2. The summed E-state index contributed by atoms with van der Waals surface area (Å²) in [5.41, 5.74) is 0. The molecular weight excluding hydrogens is 168 g/mol. The Bertz CT molecular complexity index is 186. The van der Waals surface area contributed by atoms with Crippen LogP contribution in [0.3, 0.4) is 0 Å². The molecule has 2 rings (SSSR count). The van der Waals surface area contributed by atoms with E-state index in [-0.39, 0.29) is 12.2 Å². The van der Waals surface area contributed by atoms with Crippen LogP contribution in [-0.2, 0) is 4.74 Å². The Morgan fingerprint density at radius 2 is 1.92 bits per heavy atom. The molecule has 1 saturated heterocycles. The molecule has 0 bridgehead atoms. The molecule has 1 saturated carbocycles. The minimum absolute atomic E-state index is 0.125. The van der Waals surface area contributed by atoms with Gasteiger partial charge in [-0.1, -0.05) is 0 Å². The lowest BCUT2D eigenvalue weighted by atomic mass is 10.1. The van der Waals surface area contributed by atoms with E-state index in [4.69, 9.17) is 4.74 Å². The number of hydrogen-bond acceptors (Lipinski definition) is 3. The van der Waals surface area contributed by atoms with Gasteiger partial charge < -0.3 is 15.4 Å². The molecule has 1 aliphatic carbocycles. The molecule has 0 atom stereocenters. The first-order chi connectivity index (χ1) is 6.34. The molecule has 74 valence electrons. The monoisotopic (exact) mass is 184 g/mol. The smallest absolute Gasteiger partial charge is 0.407 e. The second kappa shape index (κ2) is 3.96. The highest BCUT2D eigenvalue weighted by Crippen LogP contribution is 2.19. The standard InChI is InChI=1S/C9H16N2O2/c12-9(11-7-1-2-7)13-8-3-5-10-6-4-8/h7-8,10H,1-6H2,(H,11,12). The van der Waals surface area contributed by atoms with E-state index in [0.29, 0.717) is 6.04 Å². The minimum Gasteiger partial charge on any atom is -0.446 e. The maximum atomic E-state index is 11.2. The zero-order valence-electron chi connectivity index (χ0n) is 7.71. The van der Waals surface area contributed by atoms with Crippen LogP contribution in [0.2, 0.25) is 0 Å². The van der Waals surface area contributed by atoms with Crippen LogP contribution < -0.4 is 10.6 Å². The van der Waals surface area contributed by atoms with Gasteiger partial charge in [0.2, 0.25) is 0 Å². The predicted molar refractivity (Wildman–Crippen MR) is 48.5 cm³/mol. The second-order valence-corrected chi connectivity index (χ2v) is 3.77. The molecule has 0 aromatic heterocycles. The van der Waals surface area contributed by atoms with Crippen LogP contribution in [0.5, 0.6) is 0 Å². The molecule has 2 aliphatic rings. The highest BCUT2D eigenvalue weighted by atomic mass is 16.6. The molecule has 0 unspecified atom stereocenters. The van der Waals surface area contributed by atoms with Gasteiger partial charge >= 0.3 is 6.09 Å². The van der Waals surface area contributed by atoms with E-state index in [1.54, 1.807) is 0 Å². The summed E-state index contributed by atoms with van der Waals surface area (Å²) >= 11 is 0. The van der Waals surface area contributed by atoms with Gasteiger partial charge in [0.15, 0.2) is 0 Å². The van der Waals surface area contributed by atoms with E-state index in [1.165, 1.54) is 0 Å². The molecule has 0 radical (unpaired) electrons. The molecule has 0 aromatic rings. The van der Waals surface area contributed by atoms with Crippen molar-refractivity contribution in [2.24, 2.45) is 0 Å². The summed E-state index contributed by atoms with van der Waals surface area (Å²) in [5, 5.41) is 6.05. The van der Waals surface area contributed by atoms with E-state index in [1.807, 2.05) is 0 Å². The lowest BCUT2D eigenvalue weighted by Gasteiger charge is -2.22. The highest BCUT2D eigenvalue weighted by Gasteiger charge is 2.25. The van der Waals surface area contributed by atoms with Crippen molar-refractivity contribution < 1.29 is 9.53 Å². The molecule has 13 heavy (non-hydrogen) atoms. The summed E-state index contributed by atoms with van der Waals surface area (Å²) < 4.78 is 5.25. The summed E-state index contributed by atoms with van der Waals surface area (Å²) in [6.07, 6.45) is 4.01. The van der Waals surface area contributed by atoms with Crippen LogP contribution in [0.1, 0.15) is 25.7 Å². The van der Waals surface area contributed by atoms with Crippen molar-refractivity contribution in [2.75, 3.05) is 13.1 Å². The van der Waals surface area contributed by atoms with Gasteiger partial charge in [0.1, 0.15) is 6.10 Å². The molecule has 0 aromatic carbocycles. The number of alkyl carbamates (subject to hydrolysis) is 1. The molecule has 1 heterocycles. The Morgan fingerprint density at radius 3 is 2.54 bits per heavy atom. The van der Waals surface area contributed by atoms with Gasteiger partial charge in [-0.15, -0.1) is 0 Å². The maximum Gasteiger partial charge on any atom is 0.407 e. The lowest BCUT2D eigenvalue weighted by Crippen LogP contribution is -2.37. The molecule has 2 N–H and O–H groups in total. The largest absolute Gasteiger partial charge is 0.446 e. The van der Waals surface area contributed by atoms with Crippen molar-refractivity contribution in [1.29, 1.82) is 0 Å². The van der Waals surface area contributed by atoms with Crippen LogP contribution in [0.15, 0.2) is 0 Å². The predicted octanol–water partition coefficient (Wildman–Crippen LogP) is 0.627. The van der Waals surface area contributed by atoms with Gasteiger partial charge in [0, 0.05) is 6.04 Å². The average molecular weight is 184 g/mol. The van der Waals surface area contributed by atoms with Gasteiger partial charge in [-0.3, -0.25) is 0 Å². The lowest BCUT2D eigenvalue weighted by molar-refractivity contribution is 0.0791. The SMILES string of the molecule is O=C(NC1CC1)OC1CCNCC1. The number of hydrogen-bond donors (Lipinski definition) is 2. The summed E-state index contributed by atoms with van der Waals surface area (Å²) in [6.45, 7) is 1.92. The van der Waals surface area contributed by atoms with Gasteiger partial charge in [0.05, 0.1) is 0 Å². The van der Waals surface area contributed by atoms with Crippen molar-refractivity contribution in [3.05, 3.63) is 0 Å². The first-order valence-electron chi connectivity index (χ1n) is 5.02. The van der Waals surface area contributed by atoms with E-state index in [9.17, 15) is 4.79 Å². The molecule has 4 nitrogen and oxygen atoms in total. The fourth-order valence-electron chi connectivity index (χ4n) is 1.49. The van der Waals surface area contributed by atoms with Gasteiger partial charge in [-0.05, 0) is 38.8 Å². The Labute approximate surface area is 78.0 Å². The van der Waals surface area contributed by atoms with Crippen molar-refractivity contribution in [2.45, 2.75) is 37.8 Å². The third kappa shape index (κ3) is 2.88. The van der Waals surface area contributed by atoms with E-state index in [2.05, 4.69) is 10.6 Å². The fourth-order valence-corrected chi connectivity index (χ4v) is 1.49. The number of nitrogens with one attached hydrogen (secondary N) is 2. The Hall–Kier alpha value is -0.770. The Morgan fingerprint density at radius 1 is 1.23 bits per heavy atom. The van der Waals surface area contributed by atoms with Crippen molar-refractivity contribution in [3.63, 3.8) is 0 Å². The topological polar surface area (TPSA) is 50.4 Å². The second-order valence-electron chi connectivity index (χ2n) is 3.77. The first kappa shape index (κ1) is 8.81. The third-order valence-electron chi connectivity index (χ3n) is 2.46. The van der Waals surface area contributed by atoms with Gasteiger partial charge in [-0.25, -0.2) is 4.79 Å². The van der Waals surface area contributed by atoms with Crippen LogP contribution in [0.25, 0.3) is 0 Å². The fraction of sp³-hybridized carbons (Fsp3) is 0.889. The number of carbonyl (C=O) groups is 1. The summed E-state index contributed by atoms with van der Waals surface area (Å²) in [7, 11) is 0. The summed E-state index contributed by atoms with van der Waals surface area (Å²) in [4.78, 5) is 11.2. The molecule has 1 amide bonds. The van der Waals surface area contributed by atoms with Crippen molar-refractivity contribution >= 4 is 6.09 Å². The number of amides is 1. The number of piperidine rings is 1. The van der Waals surface area contributed by atoms with E-state index >= 15 is 0 Å². The molecular formula is C9H16N2O2. The van der Waals surface area contributed by atoms with Crippen LogP contribution in [0, 0.1) is 0 Å². The number of ether oxygens (including phenoxy) is 1. The average Bonchev–Trinajstić information content (AvgIpc) is 2.90. The highest BCUT2D eigenvalue weighted by molar-refractivity contribution is 5.68. The Balaban J connectivity index is 1.66. The van der Waals surface area contributed by atoms with Crippen molar-refractivity contribution in [3.8, 4) is 0 Å². The van der Waals surface area contributed by atoms with E-state index in [0.717, 1.165) is 38.8 Å². The molecule has 0 spiro atoms. The van der Waals surface area contributed by atoms with Crippen LogP contribution in [-0.4, -0.2) is 31.3 Å². The zero-order chi connectivity index (χ0) is 9.10. The molecule has 1 aliphatic heterocycles. The number of carbonyl (C=O) groups excluding carboxylic acids is 1. The van der Waals surface area contributed by atoms with Crippen LogP contribution in [0.4, 0.5) is 4.79 Å². The summed E-state index contributed by atoms with van der Waals surface area (Å²) in [5.74, 6) is 0. The van der Waals surface area contributed by atoms with Crippen molar-refractivity contribution in [1.82, 2.24) is 10.6 Å². The molecule has 2 fully saturated rings. The normalized spacial score (nSPS) is 24.0. The van der Waals surface area contributed by atoms with Gasteiger partial charge in [0.25, 0.3) is 0 Å². The third-order valence-corrected chi connectivity index (χ3v) is 2.46. The first-order valence-corrected chi connectivity index (χ1v) is 5.02. The number of rotatable bonds is 2. The van der Waals surface area contributed by atoms with E-state index < -0.39 is 0 Å². The quantitative estimate of drug-likeness (QED) is 0.661. The minimum atomic E-state index is -0.227. The van der Waals surface area contributed by atoms with Crippen LogP contribution >= 0.6 is 0 Å². The Kier molecular flexibility index (Phi) is 2.68.